The predicted molar refractivity (Wildman–Crippen MR) is 154 cm³/mol. The molecule has 13 heteroatoms. The first kappa shape index (κ1) is 28.6. The predicted octanol–water partition coefficient (Wildman–Crippen LogP) is 3.12. The standard InChI is InChI=1S/C26H36BN5O6Si/c1-26(2,3)39(7,8)38-15-21-29-24-22-18(27(33)34)11-12-19(36-5)23(22)30-25(32(24)31-21)28-14-16-9-10-17(35-4)13-20(16)37-6/h9-13,33-34H,14-15H2,1-8H3,(H,28,30). The van der Waals surface area contributed by atoms with Gasteiger partial charge >= 0.3 is 7.12 Å². The summed E-state index contributed by atoms with van der Waals surface area (Å²) in [6.45, 7) is 11.4. The highest BCUT2D eigenvalue weighted by molar-refractivity contribution is 6.74. The molecule has 39 heavy (non-hydrogen) atoms. The van der Waals surface area contributed by atoms with Gasteiger partial charge in [-0.25, -0.2) is 9.97 Å². The lowest BCUT2D eigenvalue weighted by Crippen LogP contribution is -2.40. The molecule has 208 valence electrons. The highest BCUT2D eigenvalue weighted by Crippen LogP contribution is 2.37. The second kappa shape index (κ2) is 11.0. The van der Waals surface area contributed by atoms with Crippen molar-refractivity contribution in [3.63, 3.8) is 0 Å². The van der Waals surface area contributed by atoms with Crippen LogP contribution in [-0.4, -0.2) is 66.4 Å². The highest BCUT2D eigenvalue weighted by atomic mass is 28.4. The minimum absolute atomic E-state index is 0.0199. The molecule has 4 rings (SSSR count). The smallest absolute Gasteiger partial charge is 0.489 e. The molecule has 2 aromatic carbocycles. The van der Waals surface area contributed by atoms with Crippen molar-refractivity contribution in [1.29, 1.82) is 0 Å². The van der Waals surface area contributed by atoms with Crippen LogP contribution in [0.3, 0.4) is 0 Å². The van der Waals surface area contributed by atoms with E-state index in [4.69, 9.17) is 33.7 Å². The van der Waals surface area contributed by atoms with Gasteiger partial charge in [0.15, 0.2) is 19.8 Å². The van der Waals surface area contributed by atoms with E-state index < -0.39 is 15.4 Å². The molecule has 2 aromatic heterocycles. The third kappa shape index (κ3) is 5.66. The summed E-state index contributed by atoms with van der Waals surface area (Å²) in [7, 11) is 0.927. The lowest BCUT2D eigenvalue weighted by molar-refractivity contribution is 0.267. The number of fused-ring (bicyclic) bond motifs is 3. The van der Waals surface area contributed by atoms with Gasteiger partial charge in [0.05, 0.1) is 27.9 Å². The molecular formula is C26H36BN5O6Si. The number of aromatic nitrogens is 4. The monoisotopic (exact) mass is 553 g/mol. The Balaban J connectivity index is 1.84. The van der Waals surface area contributed by atoms with Crippen molar-refractivity contribution < 1.29 is 28.7 Å². The van der Waals surface area contributed by atoms with Gasteiger partial charge in [-0.05, 0) is 41.8 Å². The van der Waals surface area contributed by atoms with Crippen LogP contribution < -0.4 is 25.0 Å². The van der Waals surface area contributed by atoms with E-state index in [0.29, 0.717) is 52.1 Å². The highest BCUT2D eigenvalue weighted by Gasteiger charge is 2.37. The number of nitrogens with zero attached hydrogens (tertiary/aromatic N) is 4. The van der Waals surface area contributed by atoms with Crippen LogP contribution in [0.25, 0.3) is 16.6 Å². The van der Waals surface area contributed by atoms with Crippen molar-refractivity contribution in [2.45, 2.75) is 52.1 Å². The van der Waals surface area contributed by atoms with Gasteiger partial charge in [-0.3, -0.25) is 0 Å². The van der Waals surface area contributed by atoms with Crippen molar-refractivity contribution in [2.24, 2.45) is 0 Å². The average Bonchev–Trinajstić information content (AvgIpc) is 3.33. The second-order valence-electron chi connectivity index (χ2n) is 10.7. The van der Waals surface area contributed by atoms with Crippen LogP contribution >= 0.6 is 0 Å². The molecule has 0 aliphatic heterocycles. The fourth-order valence-corrected chi connectivity index (χ4v) is 4.86. The van der Waals surface area contributed by atoms with Gasteiger partial charge in [0.1, 0.15) is 22.8 Å². The Labute approximate surface area is 229 Å². The number of nitrogens with one attached hydrogen (secondary N) is 1. The van der Waals surface area contributed by atoms with E-state index in [1.165, 1.54) is 7.11 Å². The summed E-state index contributed by atoms with van der Waals surface area (Å²) in [5.74, 6) is 2.65. The molecule has 4 aromatic rings. The first-order valence-corrected chi connectivity index (χ1v) is 15.5. The molecule has 0 fully saturated rings. The fraction of sp³-hybridized carbons (Fsp3) is 0.423. The summed E-state index contributed by atoms with van der Waals surface area (Å²) in [5.41, 5.74) is 1.95. The Bertz CT molecular complexity index is 1490. The first-order valence-electron chi connectivity index (χ1n) is 12.6. The number of hydrogen-bond donors (Lipinski definition) is 3. The number of methoxy groups -OCH3 is 3. The molecule has 0 bridgehead atoms. The Morgan fingerprint density at radius 1 is 0.974 bits per heavy atom. The SMILES string of the molecule is COc1ccc(CNc2nc3c(OC)ccc(B(O)O)c3c3nc(CO[Si](C)(C)C(C)(C)C)nn23)c(OC)c1. The fourth-order valence-electron chi connectivity index (χ4n) is 3.94. The third-order valence-electron chi connectivity index (χ3n) is 7.26. The number of rotatable bonds is 10. The summed E-state index contributed by atoms with van der Waals surface area (Å²) in [5, 5.41) is 28.8. The molecule has 3 N–H and O–H groups in total. The van der Waals surface area contributed by atoms with Crippen LogP contribution in [-0.2, 0) is 17.6 Å². The lowest BCUT2D eigenvalue weighted by atomic mass is 9.78. The van der Waals surface area contributed by atoms with Gasteiger partial charge < -0.3 is 34.0 Å². The summed E-state index contributed by atoms with van der Waals surface area (Å²) in [6.07, 6.45) is 0. The van der Waals surface area contributed by atoms with Gasteiger partial charge in [0.25, 0.3) is 0 Å². The topological polar surface area (TPSA) is 132 Å². The Hall–Kier alpha value is -3.39. The molecule has 0 aliphatic rings. The summed E-state index contributed by atoms with van der Waals surface area (Å²) < 4.78 is 24.4. The van der Waals surface area contributed by atoms with E-state index in [2.05, 4.69) is 39.2 Å². The van der Waals surface area contributed by atoms with Crippen LogP contribution in [0.5, 0.6) is 17.2 Å². The molecule has 11 nitrogen and oxygen atoms in total. The molecular weight excluding hydrogens is 517 g/mol. The number of anilines is 1. The molecule has 0 saturated heterocycles. The number of ether oxygens (including phenoxy) is 3. The van der Waals surface area contributed by atoms with Crippen LogP contribution in [0, 0.1) is 0 Å². The minimum atomic E-state index is -2.07. The second-order valence-corrected chi connectivity index (χ2v) is 15.5. The quantitative estimate of drug-likeness (QED) is 0.252. The zero-order valence-electron chi connectivity index (χ0n) is 23.7. The van der Waals surface area contributed by atoms with Crippen LogP contribution in [0.4, 0.5) is 5.95 Å². The third-order valence-corrected chi connectivity index (χ3v) is 11.7. The number of benzene rings is 2. The van der Waals surface area contributed by atoms with E-state index in [-0.39, 0.29) is 17.1 Å². The van der Waals surface area contributed by atoms with E-state index >= 15 is 0 Å². The maximum Gasteiger partial charge on any atom is 0.489 e. The van der Waals surface area contributed by atoms with Crippen LogP contribution in [0.2, 0.25) is 18.1 Å². The van der Waals surface area contributed by atoms with Crippen LogP contribution in [0.1, 0.15) is 32.2 Å². The van der Waals surface area contributed by atoms with E-state index in [1.54, 1.807) is 30.9 Å². The molecule has 2 heterocycles. The average molecular weight is 554 g/mol. The van der Waals surface area contributed by atoms with E-state index in [0.717, 1.165) is 5.56 Å². The molecule has 0 aliphatic carbocycles. The zero-order valence-corrected chi connectivity index (χ0v) is 24.7. The van der Waals surface area contributed by atoms with Gasteiger partial charge in [0.2, 0.25) is 5.95 Å². The van der Waals surface area contributed by atoms with Crippen molar-refractivity contribution in [3.8, 4) is 17.2 Å². The van der Waals surface area contributed by atoms with E-state index in [1.807, 2.05) is 18.2 Å². The number of hydrogen-bond acceptors (Lipinski definition) is 10. The maximum atomic E-state index is 10.1. The Kier molecular flexibility index (Phi) is 8.07. The Morgan fingerprint density at radius 2 is 1.69 bits per heavy atom. The summed E-state index contributed by atoms with van der Waals surface area (Å²) in [6, 6.07) is 8.80. The molecule has 0 amide bonds. The maximum absolute atomic E-state index is 10.1. The van der Waals surface area contributed by atoms with Crippen molar-refractivity contribution in [2.75, 3.05) is 26.6 Å². The normalized spacial score (nSPS) is 12.2. The molecule has 0 spiro atoms. The zero-order chi connectivity index (χ0) is 28.5. The molecule has 0 atom stereocenters. The Morgan fingerprint density at radius 3 is 2.31 bits per heavy atom. The molecule has 0 saturated carbocycles. The largest absolute Gasteiger partial charge is 0.497 e. The minimum Gasteiger partial charge on any atom is -0.497 e. The van der Waals surface area contributed by atoms with Gasteiger partial charge in [0, 0.05) is 23.6 Å². The summed E-state index contributed by atoms with van der Waals surface area (Å²) >= 11 is 0. The van der Waals surface area contributed by atoms with E-state index in [9.17, 15) is 10.0 Å². The van der Waals surface area contributed by atoms with Gasteiger partial charge in [-0.2, -0.15) is 4.52 Å². The van der Waals surface area contributed by atoms with Crippen molar-refractivity contribution in [1.82, 2.24) is 19.6 Å². The summed E-state index contributed by atoms with van der Waals surface area (Å²) in [4.78, 5) is 9.55. The van der Waals surface area contributed by atoms with Crippen molar-refractivity contribution >= 4 is 43.4 Å². The first-order chi connectivity index (χ1) is 18.4. The molecule has 0 unspecified atom stereocenters. The molecule has 0 radical (unpaired) electrons. The van der Waals surface area contributed by atoms with Gasteiger partial charge in [-0.1, -0.05) is 26.8 Å². The lowest BCUT2D eigenvalue weighted by Gasteiger charge is -2.35. The van der Waals surface area contributed by atoms with Gasteiger partial charge in [-0.15, -0.1) is 5.10 Å². The van der Waals surface area contributed by atoms with Crippen molar-refractivity contribution in [3.05, 3.63) is 41.7 Å². The van der Waals surface area contributed by atoms with Crippen LogP contribution in [0.15, 0.2) is 30.3 Å².